The molecular formula is C28H16O6. The highest BCUT2D eigenvalue weighted by atomic mass is 16.5. The van der Waals surface area contributed by atoms with Crippen molar-refractivity contribution in [3.63, 3.8) is 0 Å². The highest BCUT2D eigenvalue weighted by Crippen LogP contribution is 2.52. The van der Waals surface area contributed by atoms with Crippen LogP contribution in [0.1, 0.15) is 48.1 Å². The number of hydrogen-bond acceptors (Lipinski definition) is 5. The molecule has 0 aromatic heterocycles. The van der Waals surface area contributed by atoms with E-state index < -0.39 is 17.7 Å². The monoisotopic (exact) mass is 448 g/mol. The molecule has 1 aliphatic heterocycles. The molecular weight excluding hydrogens is 432 g/mol. The predicted octanol–water partition coefficient (Wildman–Crippen LogP) is 5.10. The minimum absolute atomic E-state index is 0.0994. The summed E-state index contributed by atoms with van der Waals surface area (Å²) in [5.74, 6) is -2.74. The molecule has 0 spiro atoms. The molecule has 1 aliphatic carbocycles. The minimum Gasteiger partial charge on any atom is -0.504 e. The summed E-state index contributed by atoms with van der Waals surface area (Å²) in [5, 5.41) is 21.7. The SMILES string of the molecule is O=C(O)c1ccc(C2C3=C(Oc4c(O)cc5ccccc5c42)C(=O)c2ccccc2C3=O)cc1. The van der Waals surface area contributed by atoms with E-state index in [1.54, 1.807) is 42.5 Å². The molecule has 164 valence electrons. The first-order chi connectivity index (χ1) is 16.5. The van der Waals surface area contributed by atoms with Crippen LogP contribution in [0.3, 0.4) is 0 Å². The van der Waals surface area contributed by atoms with E-state index in [0.717, 1.165) is 10.8 Å². The fraction of sp³-hybridized carbons (Fsp3) is 0.0357. The van der Waals surface area contributed by atoms with Gasteiger partial charge in [0, 0.05) is 22.6 Å². The molecule has 2 aliphatic rings. The molecule has 2 N–H and O–H groups in total. The number of carbonyl (C=O) groups excluding carboxylic acids is 2. The smallest absolute Gasteiger partial charge is 0.335 e. The maximum atomic E-state index is 13.7. The summed E-state index contributed by atoms with van der Waals surface area (Å²) >= 11 is 0. The normalized spacial score (nSPS) is 16.5. The van der Waals surface area contributed by atoms with Crippen LogP contribution in [0.25, 0.3) is 10.8 Å². The Morgan fingerprint density at radius 3 is 2.18 bits per heavy atom. The number of hydrogen-bond donors (Lipinski definition) is 2. The van der Waals surface area contributed by atoms with Crippen molar-refractivity contribution in [2.45, 2.75) is 5.92 Å². The van der Waals surface area contributed by atoms with Crippen LogP contribution in [-0.4, -0.2) is 27.7 Å². The van der Waals surface area contributed by atoms with Crippen molar-refractivity contribution >= 4 is 28.3 Å². The van der Waals surface area contributed by atoms with E-state index in [9.17, 15) is 24.6 Å². The number of ether oxygens (including phenoxy) is 1. The fourth-order valence-corrected chi connectivity index (χ4v) is 4.87. The Kier molecular flexibility index (Phi) is 4.19. The van der Waals surface area contributed by atoms with E-state index in [1.165, 1.54) is 12.1 Å². The number of ketones is 2. The maximum absolute atomic E-state index is 13.7. The molecule has 6 nitrogen and oxygen atoms in total. The zero-order valence-electron chi connectivity index (χ0n) is 17.6. The average molecular weight is 448 g/mol. The molecule has 0 radical (unpaired) electrons. The highest BCUT2D eigenvalue weighted by Gasteiger charge is 2.44. The van der Waals surface area contributed by atoms with Crippen LogP contribution in [0.15, 0.2) is 90.2 Å². The Hall–Kier alpha value is -4.71. The van der Waals surface area contributed by atoms with Gasteiger partial charge in [0.15, 0.2) is 23.0 Å². The van der Waals surface area contributed by atoms with E-state index in [0.29, 0.717) is 11.1 Å². The van der Waals surface area contributed by atoms with Crippen LogP contribution in [0.5, 0.6) is 11.5 Å². The van der Waals surface area contributed by atoms with E-state index in [2.05, 4.69) is 0 Å². The number of aromatic carboxylic acids is 1. The molecule has 34 heavy (non-hydrogen) atoms. The van der Waals surface area contributed by atoms with Gasteiger partial charge < -0.3 is 14.9 Å². The van der Waals surface area contributed by atoms with E-state index in [-0.39, 0.29) is 45.3 Å². The van der Waals surface area contributed by atoms with E-state index >= 15 is 0 Å². The highest BCUT2D eigenvalue weighted by molar-refractivity contribution is 6.27. The first kappa shape index (κ1) is 19.9. The molecule has 4 aromatic rings. The number of carbonyl (C=O) groups is 3. The van der Waals surface area contributed by atoms with Gasteiger partial charge in [-0.05, 0) is 34.5 Å². The predicted molar refractivity (Wildman–Crippen MR) is 124 cm³/mol. The number of carboxylic acid groups (broad SMARTS) is 1. The summed E-state index contributed by atoms with van der Waals surface area (Å²) in [6, 6.07) is 21.7. The third-order valence-electron chi connectivity index (χ3n) is 6.40. The van der Waals surface area contributed by atoms with Gasteiger partial charge in [-0.15, -0.1) is 0 Å². The van der Waals surface area contributed by atoms with Crippen LogP contribution in [0.4, 0.5) is 0 Å². The number of Topliss-reactive ketones (excluding diaryl/α,β-unsaturated/α-hetero) is 2. The molecule has 0 amide bonds. The maximum Gasteiger partial charge on any atom is 0.335 e. The zero-order chi connectivity index (χ0) is 23.6. The molecule has 6 heteroatoms. The molecule has 1 atom stereocenters. The Bertz CT molecular complexity index is 1590. The summed E-state index contributed by atoms with van der Waals surface area (Å²) in [5.41, 5.74) is 1.97. The van der Waals surface area contributed by atoms with Gasteiger partial charge in [0.05, 0.1) is 11.1 Å². The number of allylic oxidation sites excluding steroid dienone is 2. The van der Waals surface area contributed by atoms with Crippen molar-refractivity contribution in [3.05, 3.63) is 118 Å². The lowest BCUT2D eigenvalue weighted by Crippen LogP contribution is -2.31. The fourth-order valence-electron chi connectivity index (χ4n) is 4.87. The zero-order valence-corrected chi connectivity index (χ0v) is 17.6. The lowest BCUT2D eigenvalue weighted by Gasteiger charge is -2.33. The number of carboxylic acids is 1. The van der Waals surface area contributed by atoms with Crippen LogP contribution in [0.2, 0.25) is 0 Å². The summed E-state index contributed by atoms with van der Waals surface area (Å²) in [6.07, 6.45) is 0. The summed E-state index contributed by atoms with van der Waals surface area (Å²) in [4.78, 5) is 38.6. The molecule has 0 fully saturated rings. The van der Waals surface area contributed by atoms with Gasteiger partial charge in [0.2, 0.25) is 5.78 Å². The molecule has 0 bridgehead atoms. The molecule has 0 saturated heterocycles. The Morgan fingerprint density at radius 1 is 0.824 bits per heavy atom. The second-order valence-corrected chi connectivity index (χ2v) is 8.27. The number of rotatable bonds is 2. The summed E-state index contributed by atoms with van der Waals surface area (Å²) in [6.45, 7) is 0. The van der Waals surface area contributed by atoms with Crippen LogP contribution in [-0.2, 0) is 0 Å². The van der Waals surface area contributed by atoms with Gasteiger partial charge in [-0.3, -0.25) is 9.59 Å². The van der Waals surface area contributed by atoms with Gasteiger partial charge >= 0.3 is 5.97 Å². The van der Waals surface area contributed by atoms with E-state index in [1.807, 2.05) is 24.3 Å². The van der Waals surface area contributed by atoms with Crippen molar-refractivity contribution in [3.8, 4) is 11.5 Å². The van der Waals surface area contributed by atoms with Crippen molar-refractivity contribution in [2.24, 2.45) is 0 Å². The Morgan fingerprint density at radius 2 is 1.47 bits per heavy atom. The van der Waals surface area contributed by atoms with E-state index in [4.69, 9.17) is 4.74 Å². The second-order valence-electron chi connectivity index (χ2n) is 8.27. The Labute approximate surface area is 193 Å². The molecule has 1 unspecified atom stereocenters. The standard InChI is InChI=1S/C28H16O6/c29-20-13-16-5-1-2-6-17(16)22-21(14-9-11-15(12-10-14)28(32)33)23-24(30)18-7-3-4-8-19(18)25(31)27(23)34-26(20)22/h1-13,21,29H,(H,32,33). The lowest BCUT2D eigenvalue weighted by atomic mass is 9.73. The lowest BCUT2D eigenvalue weighted by molar-refractivity contribution is 0.0696. The topological polar surface area (TPSA) is 101 Å². The van der Waals surface area contributed by atoms with Crippen LogP contribution in [0, 0.1) is 0 Å². The van der Waals surface area contributed by atoms with Crippen molar-refractivity contribution in [1.29, 1.82) is 0 Å². The number of benzene rings is 4. The number of phenols is 1. The van der Waals surface area contributed by atoms with Gasteiger partial charge in [0.1, 0.15) is 0 Å². The largest absolute Gasteiger partial charge is 0.504 e. The average Bonchev–Trinajstić information content (AvgIpc) is 2.86. The van der Waals surface area contributed by atoms with Gasteiger partial charge in [-0.2, -0.15) is 0 Å². The van der Waals surface area contributed by atoms with Crippen LogP contribution < -0.4 is 4.74 Å². The second kappa shape index (κ2) is 7.15. The first-order valence-electron chi connectivity index (χ1n) is 10.6. The molecule has 1 heterocycles. The minimum atomic E-state index is -1.07. The van der Waals surface area contributed by atoms with Gasteiger partial charge in [0.25, 0.3) is 0 Å². The molecule has 6 rings (SSSR count). The summed E-state index contributed by atoms with van der Waals surface area (Å²) < 4.78 is 5.99. The number of fused-ring (bicyclic) bond motifs is 4. The quantitative estimate of drug-likeness (QED) is 0.442. The third kappa shape index (κ3) is 2.72. The van der Waals surface area contributed by atoms with Crippen LogP contribution >= 0.6 is 0 Å². The number of aromatic hydroxyl groups is 1. The van der Waals surface area contributed by atoms with Crippen molar-refractivity contribution in [2.75, 3.05) is 0 Å². The first-order valence-corrected chi connectivity index (χ1v) is 10.6. The van der Waals surface area contributed by atoms with Gasteiger partial charge in [-0.25, -0.2) is 4.79 Å². The third-order valence-corrected chi connectivity index (χ3v) is 6.40. The van der Waals surface area contributed by atoms with Crippen molar-refractivity contribution < 1.29 is 29.3 Å². The summed E-state index contributed by atoms with van der Waals surface area (Å²) in [7, 11) is 0. The molecule has 4 aromatic carbocycles. The Balaban J connectivity index is 1.69. The van der Waals surface area contributed by atoms with Gasteiger partial charge in [-0.1, -0.05) is 60.7 Å². The van der Waals surface area contributed by atoms with Crippen molar-refractivity contribution in [1.82, 2.24) is 0 Å². The molecule has 0 saturated carbocycles. The number of phenolic OH excluding ortho intramolecular Hbond substituents is 1.